The van der Waals surface area contributed by atoms with Crippen molar-refractivity contribution in [3.8, 4) is 0 Å². The minimum Gasteiger partial charge on any atom is -0.330 e. The van der Waals surface area contributed by atoms with Gasteiger partial charge in [0.1, 0.15) is 5.78 Å². The molecule has 0 radical (unpaired) electrons. The number of halogens is 2. The lowest BCUT2D eigenvalue weighted by Gasteiger charge is -2.16. The van der Waals surface area contributed by atoms with Crippen molar-refractivity contribution in [1.29, 1.82) is 0 Å². The average Bonchev–Trinajstić information content (AvgIpc) is 2.36. The number of carbonyl (C=O) groups excluding carboxylic acids is 1. The first-order valence-electron chi connectivity index (χ1n) is 6.27. The third-order valence-electron chi connectivity index (χ3n) is 2.97. The Bertz CT molecular complexity index is 407. The Labute approximate surface area is 118 Å². The van der Waals surface area contributed by atoms with Crippen molar-refractivity contribution in [1.82, 2.24) is 0 Å². The van der Waals surface area contributed by atoms with Crippen LogP contribution in [0.3, 0.4) is 0 Å². The van der Waals surface area contributed by atoms with Gasteiger partial charge >= 0.3 is 0 Å². The van der Waals surface area contributed by atoms with Crippen LogP contribution in [-0.2, 0) is 4.79 Å². The topological polar surface area (TPSA) is 43.1 Å². The van der Waals surface area contributed by atoms with Gasteiger partial charge in [-0.1, -0.05) is 42.6 Å². The monoisotopic (exact) mass is 287 g/mol. The summed E-state index contributed by atoms with van der Waals surface area (Å²) in [7, 11) is 0. The van der Waals surface area contributed by atoms with Gasteiger partial charge in [0.05, 0.1) is 10.0 Å². The second-order valence-electron chi connectivity index (χ2n) is 4.37. The van der Waals surface area contributed by atoms with Gasteiger partial charge in [-0.3, -0.25) is 4.79 Å². The van der Waals surface area contributed by atoms with Crippen molar-refractivity contribution in [2.75, 3.05) is 6.54 Å². The highest BCUT2D eigenvalue weighted by molar-refractivity contribution is 6.42. The minimum atomic E-state index is -0.156. The van der Waals surface area contributed by atoms with Gasteiger partial charge in [0, 0.05) is 12.3 Å². The molecule has 1 unspecified atom stereocenters. The fourth-order valence-corrected chi connectivity index (χ4v) is 2.24. The molecule has 2 N–H and O–H groups in total. The molecule has 2 nitrogen and oxygen atoms in total. The van der Waals surface area contributed by atoms with Crippen molar-refractivity contribution in [3.63, 3.8) is 0 Å². The minimum absolute atomic E-state index is 0.156. The third-order valence-corrected chi connectivity index (χ3v) is 3.71. The molecule has 1 aromatic carbocycles. The van der Waals surface area contributed by atoms with Gasteiger partial charge in [-0.15, -0.1) is 0 Å². The van der Waals surface area contributed by atoms with Gasteiger partial charge in [0.2, 0.25) is 0 Å². The number of ketones is 1. The molecule has 0 aliphatic heterocycles. The quantitative estimate of drug-likeness (QED) is 0.817. The molecule has 1 aromatic rings. The predicted molar refractivity (Wildman–Crippen MR) is 77.4 cm³/mol. The Morgan fingerprint density at radius 3 is 2.61 bits per heavy atom. The SMILES string of the molecule is CCCCC(=O)C(CCN)c1ccc(Cl)c(Cl)c1. The second kappa shape index (κ2) is 7.78. The highest BCUT2D eigenvalue weighted by Crippen LogP contribution is 2.29. The first kappa shape index (κ1) is 15.5. The summed E-state index contributed by atoms with van der Waals surface area (Å²) in [6, 6.07) is 5.36. The number of nitrogens with two attached hydrogens (primary N) is 1. The van der Waals surface area contributed by atoms with E-state index in [0.29, 0.717) is 29.4 Å². The van der Waals surface area contributed by atoms with Crippen LogP contribution >= 0.6 is 23.2 Å². The van der Waals surface area contributed by atoms with Gasteiger partial charge < -0.3 is 5.73 Å². The zero-order chi connectivity index (χ0) is 13.5. The van der Waals surface area contributed by atoms with Crippen LogP contribution in [0.4, 0.5) is 0 Å². The Morgan fingerprint density at radius 2 is 2.06 bits per heavy atom. The van der Waals surface area contributed by atoms with Gasteiger partial charge in [-0.25, -0.2) is 0 Å². The van der Waals surface area contributed by atoms with Crippen LogP contribution < -0.4 is 5.73 Å². The summed E-state index contributed by atoms with van der Waals surface area (Å²) in [5.41, 5.74) is 6.50. The molecule has 1 rings (SSSR count). The number of rotatable bonds is 7. The standard InChI is InChI=1S/C14H19Cl2NO/c1-2-3-4-14(18)11(7-8-17)10-5-6-12(15)13(16)9-10/h5-6,9,11H,2-4,7-8,17H2,1H3. The van der Waals surface area contributed by atoms with Crippen molar-refractivity contribution in [2.24, 2.45) is 5.73 Å². The maximum absolute atomic E-state index is 12.2. The third kappa shape index (κ3) is 4.27. The molecule has 0 saturated carbocycles. The van der Waals surface area contributed by atoms with Crippen LogP contribution in [0.25, 0.3) is 0 Å². The lowest BCUT2D eigenvalue weighted by atomic mass is 9.89. The van der Waals surface area contributed by atoms with Gasteiger partial charge in [-0.05, 0) is 37.1 Å². The summed E-state index contributed by atoms with van der Waals surface area (Å²) in [5.74, 6) is 0.0806. The molecule has 0 aliphatic carbocycles. The zero-order valence-corrected chi connectivity index (χ0v) is 12.1. The van der Waals surface area contributed by atoms with Crippen LogP contribution in [0.2, 0.25) is 10.0 Å². The van der Waals surface area contributed by atoms with Crippen LogP contribution in [-0.4, -0.2) is 12.3 Å². The summed E-state index contributed by atoms with van der Waals surface area (Å²) < 4.78 is 0. The average molecular weight is 288 g/mol. The molecule has 18 heavy (non-hydrogen) atoms. The molecule has 0 heterocycles. The fourth-order valence-electron chi connectivity index (χ4n) is 1.93. The zero-order valence-electron chi connectivity index (χ0n) is 10.6. The smallest absolute Gasteiger partial charge is 0.140 e. The lowest BCUT2D eigenvalue weighted by Crippen LogP contribution is -2.16. The molecule has 0 aromatic heterocycles. The van der Waals surface area contributed by atoms with Crippen LogP contribution in [0, 0.1) is 0 Å². The normalized spacial score (nSPS) is 12.4. The Hall–Kier alpha value is -0.570. The summed E-state index contributed by atoms with van der Waals surface area (Å²) in [5, 5.41) is 0.993. The van der Waals surface area contributed by atoms with Gasteiger partial charge in [0.25, 0.3) is 0 Å². The molecule has 0 fully saturated rings. The molecular formula is C14H19Cl2NO. The van der Waals surface area contributed by atoms with E-state index in [4.69, 9.17) is 28.9 Å². The van der Waals surface area contributed by atoms with Crippen LogP contribution in [0.5, 0.6) is 0 Å². The highest BCUT2D eigenvalue weighted by Gasteiger charge is 2.19. The lowest BCUT2D eigenvalue weighted by molar-refractivity contribution is -0.120. The van der Waals surface area contributed by atoms with E-state index >= 15 is 0 Å². The molecule has 0 aliphatic rings. The van der Waals surface area contributed by atoms with Crippen LogP contribution in [0.1, 0.15) is 44.1 Å². The fraction of sp³-hybridized carbons (Fsp3) is 0.500. The van der Waals surface area contributed by atoms with Gasteiger partial charge in [0.15, 0.2) is 0 Å². The number of hydrogen-bond acceptors (Lipinski definition) is 2. The first-order valence-corrected chi connectivity index (χ1v) is 7.03. The predicted octanol–water partition coefficient (Wildman–Crippen LogP) is 4.19. The summed E-state index contributed by atoms with van der Waals surface area (Å²) in [6.07, 6.45) is 3.19. The van der Waals surface area contributed by atoms with E-state index in [0.717, 1.165) is 18.4 Å². The molecule has 0 amide bonds. The summed E-state index contributed by atoms with van der Waals surface area (Å²) >= 11 is 11.9. The molecule has 0 bridgehead atoms. The second-order valence-corrected chi connectivity index (χ2v) is 5.19. The molecular weight excluding hydrogens is 269 g/mol. The molecule has 0 spiro atoms. The number of benzene rings is 1. The van der Waals surface area contributed by atoms with E-state index in [9.17, 15) is 4.79 Å². The molecule has 0 saturated heterocycles. The van der Waals surface area contributed by atoms with E-state index in [2.05, 4.69) is 6.92 Å². The van der Waals surface area contributed by atoms with E-state index in [-0.39, 0.29) is 11.7 Å². The summed E-state index contributed by atoms with van der Waals surface area (Å²) in [6.45, 7) is 2.56. The van der Waals surface area contributed by atoms with E-state index in [1.165, 1.54) is 0 Å². The van der Waals surface area contributed by atoms with Gasteiger partial charge in [-0.2, -0.15) is 0 Å². The van der Waals surface area contributed by atoms with Crippen molar-refractivity contribution in [2.45, 2.75) is 38.5 Å². The first-order chi connectivity index (χ1) is 8.60. The number of carbonyl (C=O) groups is 1. The number of unbranched alkanes of at least 4 members (excludes halogenated alkanes) is 1. The van der Waals surface area contributed by atoms with Crippen molar-refractivity contribution >= 4 is 29.0 Å². The van der Waals surface area contributed by atoms with Crippen LogP contribution in [0.15, 0.2) is 18.2 Å². The van der Waals surface area contributed by atoms with E-state index in [1.54, 1.807) is 12.1 Å². The van der Waals surface area contributed by atoms with E-state index < -0.39 is 0 Å². The Morgan fingerprint density at radius 1 is 1.33 bits per heavy atom. The van der Waals surface area contributed by atoms with Crippen molar-refractivity contribution < 1.29 is 4.79 Å². The Balaban J connectivity index is 2.89. The number of Topliss-reactive ketones (excluding diaryl/α,β-unsaturated/α-hetero) is 1. The van der Waals surface area contributed by atoms with E-state index in [1.807, 2.05) is 6.07 Å². The highest BCUT2D eigenvalue weighted by atomic mass is 35.5. The molecule has 100 valence electrons. The van der Waals surface area contributed by atoms with Crippen molar-refractivity contribution in [3.05, 3.63) is 33.8 Å². The largest absolute Gasteiger partial charge is 0.330 e. The molecule has 4 heteroatoms. The molecule has 1 atom stereocenters. The maximum Gasteiger partial charge on any atom is 0.140 e. The summed E-state index contributed by atoms with van der Waals surface area (Å²) in [4.78, 5) is 12.2. The number of hydrogen-bond donors (Lipinski definition) is 1. The Kier molecular flexibility index (Phi) is 6.69. The maximum atomic E-state index is 12.2.